The molecule has 28 heavy (non-hydrogen) atoms. The van der Waals surface area contributed by atoms with Crippen LogP contribution in [0.1, 0.15) is 39.4 Å². The third-order valence-corrected chi connectivity index (χ3v) is 3.75. The SMILES string of the molecule is Cc1cc(C)nc(C(C#N)C(=O)c2ccc(-c3noc(C(F)(F)F)n3)cc2)n1. The van der Waals surface area contributed by atoms with Gasteiger partial charge in [0, 0.05) is 22.5 Å². The van der Waals surface area contributed by atoms with Crippen molar-refractivity contribution in [2.75, 3.05) is 0 Å². The number of rotatable bonds is 4. The fourth-order valence-electron chi connectivity index (χ4n) is 2.52. The smallest absolute Gasteiger partial charge is 0.329 e. The van der Waals surface area contributed by atoms with Crippen molar-refractivity contribution in [2.45, 2.75) is 25.9 Å². The normalized spacial score (nSPS) is 12.4. The van der Waals surface area contributed by atoms with Crippen molar-refractivity contribution in [2.24, 2.45) is 0 Å². The van der Waals surface area contributed by atoms with Gasteiger partial charge in [0.2, 0.25) is 5.82 Å². The highest BCUT2D eigenvalue weighted by Gasteiger charge is 2.38. The lowest BCUT2D eigenvalue weighted by molar-refractivity contribution is -0.159. The van der Waals surface area contributed by atoms with Crippen molar-refractivity contribution >= 4 is 5.78 Å². The number of hydrogen-bond acceptors (Lipinski definition) is 7. The molecule has 2 aromatic heterocycles. The molecule has 10 heteroatoms. The first kappa shape index (κ1) is 19.2. The van der Waals surface area contributed by atoms with E-state index in [1.807, 2.05) is 6.07 Å². The molecule has 0 spiro atoms. The standard InChI is InChI=1S/C18H12F3N5O2/c1-9-7-10(2)24-16(23-9)13(8-22)14(27)11-3-5-12(6-4-11)15-25-17(28-26-15)18(19,20)21/h3-7,13H,1-2H3. The van der Waals surface area contributed by atoms with E-state index in [0.717, 1.165) is 0 Å². The molecule has 3 aromatic rings. The van der Waals surface area contributed by atoms with Crippen molar-refractivity contribution in [3.05, 3.63) is 59.0 Å². The Bertz CT molecular complexity index is 1050. The molecule has 0 fully saturated rings. The minimum absolute atomic E-state index is 0.0991. The highest BCUT2D eigenvalue weighted by molar-refractivity contribution is 6.02. The minimum atomic E-state index is -4.74. The summed E-state index contributed by atoms with van der Waals surface area (Å²) in [5.41, 5.74) is 1.66. The molecular weight excluding hydrogens is 375 g/mol. The zero-order chi connectivity index (χ0) is 20.5. The Balaban J connectivity index is 1.87. The lowest BCUT2D eigenvalue weighted by atomic mass is 9.97. The summed E-state index contributed by atoms with van der Waals surface area (Å²) in [6.07, 6.45) is -4.74. The maximum atomic E-state index is 12.7. The highest BCUT2D eigenvalue weighted by atomic mass is 19.4. The summed E-state index contributed by atoms with van der Waals surface area (Å²) in [7, 11) is 0. The molecule has 1 aromatic carbocycles. The Morgan fingerprint density at radius 3 is 2.21 bits per heavy atom. The van der Waals surface area contributed by atoms with Gasteiger partial charge in [-0.05, 0) is 19.9 Å². The molecule has 1 unspecified atom stereocenters. The zero-order valence-corrected chi connectivity index (χ0v) is 14.7. The van der Waals surface area contributed by atoms with Gasteiger partial charge in [0.25, 0.3) is 0 Å². The summed E-state index contributed by atoms with van der Waals surface area (Å²) >= 11 is 0. The van der Waals surface area contributed by atoms with Gasteiger partial charge in [-0.3, -0.25) is 4.79 Å². The number of carbonyl (C=O) groups is 1. The van der Waals surface area contributed by atoms with Gasteiger partial charge in [0.1, 0.15) is 0 Å². The van der Waals surface area contributed by atoms with Crippen molar-refractivity contribution < 1.29 is 22.5 Å². The Morgan fingerprint density at radius 2 is 1.71 bits per heavy atom. The lowest BCUT2D eigenvalue weighted by Gasteiger charge is -2.09. The molecule has 0 aliphatic carbocycles. The molecule has 1 atom stereocenters. The van der Waals surface area contributed by atoms with Gasteiger partial charge < -0.3 is 4.52 Å². The number of ketones is 1. The molecule has 0 bridgehead atoms. The van der Waals surface area contributed by atoms with E-state index in [0.29, 0.717) is 11.4 Å². The zero-order valence-electron chi connectivity index (χ0n) is 14.7. The molecule has 142 valence electrons. The number of aromatic nitrogens is 4. The molecule has 3 rings (SSSR count). The first-order chi connectivity index (χ1) is 13.2. The fourth-order valence-corrected chi connectivity index (χ4v) is 2.52. The van der Waals surface area contributed by atoms with E-state index in [1.54, 1.807) is 19.9 Å². The van der Waals surface area contributed by atoms with Gasteiger partial charge in [-0.25, -0.2) is 9.97 Å². The van der Waals surface area contributed by atoms with Crippen LogP contribution in [0.15, 0.2) is 34.9 Å². The largest absolute Gasteiger partial charge is 0.471 e. The number of Topliss-reactive ketones (excluding diaryl/α,β-unsaturated/α-hetero) is 1. The predicted molar refractivity (Wildman–Crippen MR) is 88.9 cm³/mol. The summed E-state index contributed by atoms with van der Waals surface area (Å²) in [4.78, 5) is 24.3. The van der Waals surface area contributed by atoms with Gasteiger partial charge in [-0.2, -0.15) is 23.4 Å². The average Bonchev–Trinajstić information content (AvgIpc) is 3.12. The van der Waals surface area contributed by atoms with Gasteiger partial charge in [-0.15, -0.1) is 0 Å². The molecule has 0 saturated carbocycles. The van der Waals surface area contributed by atoms with E-state index in [1.165, 1.54) is 24.3 Å². The van der Waals surface area contributed by atoms with Crippen LogP contribution in [0.3, 0.4) is 0 Å². The number of nitrogens with zero attached hydrogens (tertiary/aromatic N) is 5. The molecule has 0 aliphatic rings. The monoisotopic (exact) mass is 387 g/mol. The summed E-state index contributed by atoms with van der Waals surface area (Å²) in [6, 6.07) is 9.10. The Kier molecular flexibility index (Phi) is 4.92. The topological polar surface area (TPSA) is 106 Å². The maximum absolute atomic E-state index is 12.7. The van der Waals surface area contributed by atoms with E-state index in [-0.39, 0.29) is 22.8 Å². The second-order valence-electron chi connectivity index (χ2n) is 5.93. The number of carbonyl (C=O) groups excluding carboxylic acids is 1. The summed E-state index contributed by atoms with van der Waals surface area (Å²) in [5.74, 6) is -3.35. The third-order valence-electron chi connectivity index (χ3n) is 3.75. The molecule has 0 aliphatic heterocycles. The van der Waals surface area contributed by atoms with E-state index >= 15 is 0 Å². The van der Waals surface area contributed by atoms with Crippen LogP contribution in [0.5, 0.6) is 0 Å². The Hall–Kier alpha value is -3.61. The van der Waals surface area contributed by atoms with E-state index in [4.69, 9.17) is 0 Å². The molecular formula is C18H12F3N5O2. The number of aryl methyl sites for hydroxylation is 2. The van der Waals surface area contributed by atoms with E-state index in [2.05, 4.69) is 24.6 Å². The van der Waals surface area contributed by atoms with Crippen molar-refractivity contribution in [1.29, 1.82) is 5.26 Å². The summed E-state index contributed by atoms with van der Waals surface area (Å²) in [6.45, 7) is 3.46. The van der Waals surface area contributed by atoms with Crippen molar-refractivity contribution in [3.63, 3.8) is 0 Å². The Labute approximate surface area is 156 Å². The van der Waals surface area contributed by atoms with E-state index in [9.17, 15) is 23.2 Å². The van der Waals surface area contributed by atoms with Crippen LogP contribution in [0.25, 0.3) is 11.4 Å². The first-order valence-corrected chi connectivity index (χ1v) is 7.96. The number of hydrogen-bond donors (Lipinski definition) is 0. The number of benzene rings is 1. The quantitative estimate of drug-likeness (QED) is 0.629. The van der Waals surface area contributed by atoms with Crippen LogP contribution in [-0.2, 0) is 6.18 Å². The van der Waals surface area contributed by atoms with Crippen molar-refractivity contribution in [1.82, 2.24) is 20.1 Å². The van der Waals surface area contributed by atoms with Crippen LogP contribution >= 0.6 is 0 Å². The molecule has 2 heterocycles. The molecule has 7 nitrogen and oxygen atoms in total. The maximum Gasteiger partial charge on any atom is 0.471 e. The van der Waals surface area contributed by atoms with E-state index < -0.39 is 23.8 Å². The van der Waals surface area contributed by atoms with Crippen LogP contribution in [-0.4, -0.2) is 25.9 Å². The Morgan fingerprint density at radius 1 is 1.11 bits per heavy atom. The van der Waals surface area contributed by atoms with Crippen LogP contribution in [0.4, 0.5) is 13.2 Å². The number of halogens is 3. The van der Waals surface area contributed by atoms with Gasteiger partial charge in [0.15, 0.2) is 17.5 Å². The van der Waals surface area contributed by atoms with Gasteiger partial charge in [-0.1, -0.05) is 29.4 Å². The third kappa shape index (κ3) is 3.88. The second-order valence-corrected chi connectivity index (χ2v) is 5.93. The average molecular weight is 387 g/mol. The molecule has 0 saturated heterocycles. The molecule has 0 N–H and O–H groups in total. The highest BCUT2D eigenvalue weighted by Crippen LogP contribution is 2.29. The first-order valence-electron chi connectivity index (χ1n) is 7.96. The number of alkyl halides is 3. The predicted octanol–water partition coefficient (Wildman–Crippen LogP) is 3.65. The van der Waals surface area contributed by atoms with Gasteiger partial charge in [0.05, 0.1) is 6.07 Å². The second kappa shape index (κ2) is 7.19. The number of nitriles is 1. The van der Waals surface area contributed by atoms with Crippen LogP contribution in [0, 0.1) is 25.2 Å². The summed E-state index contributed by atoms with van der Waals surface area (Å²) in [5, 5.41) is 12.7. The molecule has 0 radical (unpaired) electrons. The fraction of sp³-hybridized carbons (Fsp3) is 0.222. The molecule has 0 amide bonds. The van der Waals surface area contributed by atoms with Crippen molar-refractivity contribution in [3.8, 4) is 17.5 Å². The lowest BCUT2D eigenvalue weighted by Crippen LogP contribution is -2.15. The van der Waals surface area contributed by atoms with Gasteiger partial charge >= 0.3 is 12.1 Å². The van der Waals surface area contributed by atoms with Crippen LogP contribution in [0.2, 0.25) is 0 Å². The summed E-state index contributed by atoms with van der Waals surface area (Å²) < 4.78 is 41.8. The van der Waals surface area contributed by atoms with Crippen LogP contribution < -0.4 is 0 Å². The minimum Gasteiger partial charge on any atom is -0.329 e.